The summed E-state index contributed by atoms with van der Waals surface area (Å²) >= 11 is 0. The molecular weight excluding hydrogens is 362 g/mol. The number of hydrogen-bond donors (Lipinski definition) is 1. The molecule has 160 valence electrons. The number of hydrogen-bond acceptors (Lipinski definition) is 4. The van der Waals surface area contributed by atoms with E-state index in [2.05, 4.69) is 59.3 Å². The van der Waals surface area contributed by atoms with Crippen molar-refractivity contribution in [2.45, 2.75) is 69.6 Å². The van der Waals surface area contributed by atoms with Crippen LogP contribution in [0.15, 0.2) is 30.3 Å². The van der Waals surface area contributed by atoms with Gasteiger partial charge in [-0.2, -0.15) is 0 Å². The zero-order chi connectivity index (χ0) is 20.3. The van der Waals surface area contributed by atoms with E-state index in [9.17, 15) is 4.79 Å². The molecule has 3 fully saturated rings. The van der Waals surface area contributed by atoms with Crippen LogP contribution in [0.25, 0.3) is 0 Å². The van der Waals surface area contributed by atoms with E-state index in [4.69, 9.17) is 4.74 Å². The van der Waals surface area contributed by atoms with Gasteiger partial charge < -0.3 is 19.9 Å². The molecule has 2 aliphatic heterocycles. The smallest absolute Gasteiger partial charge is 0.223 e. The maximum absolute atomic E-state index is 12.6. The van der Waals surface area contributed by atoms with E-state index < -0.39 is 0 Å². The standard InChI is InChI=1S/C24H37N3O2/c1-3-26(4-2)13-10-23(28)27-14-11-24(12-15-27)17-20(18-29-24)25-22-16-21(22)19-8-6-5-7-9-19/h5-9,20-22,25H,3-4,10-18H2,1-2H3/t20?,21-,22+/m0/s1. The van der Waals surface area contributed by atoms with Gasteiger partial charge in [-0.1, -0.05) is 44.2 Å². The van der Waals surface area contributed by atoms with Crippen molar-refractivity contribution in [3.8, 4) is 0 Å². The van der Waals surface area contributed by atoms with Gasteiger partial charge in [-0.3, -0.25) is 4.79 Å². The fourth-order valence-electron chi connectivity index (χ4n) is 5.17. The second-order valence-electron chi connectivity index (χ2n) is 9.08. The highest BCUT2D eigenvalue weighted by atomic mass is 16.5. The monoisotopic (exact) mass is 399 g/mol. The van der Waals surface area contributed by atoms with Gasteiger partial charge in [-0.25, -0.2) is 0 Å². The Hall–Kier alpha value is -1.43. The minimum absolute atomic E-state index is 0.00947. The van der Waals surface area contributed by atoms with Crippen LogP contribution in [0.4, 0.5) is 0 Å². The molecule has 1 saturated carbocycles. The van der Waals surface area contributed by atoms with Gasteiger partial charge in [0.1, 0.15) is 0 Å². The van der Waals surface area contributed by atoms with E-state index in [1.165, 1.54) is 12.0 Å². The Morgan fingerprint density at radius 1 is 1.21 bits per heavy atom. The van der Waals surface area contributed by atoms with Crippen LogP contribution in [0.2, 0.25) is 0 Å². The molecule has 1 aliphatic carbocycles. The summed E-state index contributed by atoms with van der Waals surface area (Å²) in [6.45, 7) is 9.73. The van der Waals surface area contributed by atoms with Crippen LogP contribution in [0.1, 0.15) is 57.4 Å². The van der Waals surface area contributed by atoms with Crippen LogP contribution < -0.4 is 5.32 Å². The summed E-state index contributed by atoms with van der Waals surface area (Å²) in [7, 11) is 0. The molecule has 1 aromatic carbocycles. The van der Waals surface area contributed by atoms with Gasteiger partial charge in [0.15, 0.2) is 0 Å². The molecule has 5 heteroatoms. The van der Waals surface area contributed by atoms with E-state index >= 15 is 0 Å². The Morgan fingerprint density at radius 3 is 2.62 bits per heavy atom. The second kappa shape index (κ2) is 9.15. The quantitative estimate of drug-likeness (QED) is 0.730. The molecule has 4 rings (SSSR count). The van der Waals surface area contributed by atoms with Gasteiger partial charge in [-0.05, 0) is 44.3 Å². The van der Waals surface area contributed by atoms with Crippen molar-refractivity contribution in [2.75, 3.05) is 39.3 Å². The molecule has 1 aromatic rings. The number of rotatable bonds is 8. The van der Waals surface area contributed by atoms with Crippen LogP contribution in [0.5, 0.6) is 0 Å². The Kier molecular flexibility index (Phi) is 6.57. The van der Waals surface area contributed by atoms with E-state index in [0.717, 1.165) is 58.6 Å². The van der Waals surface area contributed by atoms with Gasteiger partial charge >= 0.3 is 0 Å². The molecule has 2 heterocycles. The van der Waals surface area contributed by atoms with Crippen molar-refractivity contribution >= 4 is 5.91 Å². The van der Waals surface area contributed by atoms with E-state index in [1.807, 2.05) is 0 Å². The first-order valence-electron chi connectivity index (χ1n) is 11.6. The van der Waals surface area contributed by atoms with Gasteiger partial charge in [0.25, 0.3) is 0 Å². The molecule has 1 spiro atoms. The number of piperidine rings is 1. The average molecular weight is 400 g/mol. The highest BCUT2D eigenvalue weighted by Gasteiger charge is 2.46. The molecule has 1 N–H and O–H groups in total. The number of ether oxygens (including phenoxy) is 1. The minimum atomic E-state index is -0.00947. The molecule has 29 heavy (non-hydrogen) atoms. The Labute approximate surface area is 175 Å². The lowest BCUT2D eigenvalue weighted by atomic mass is 9.87. The normalized spacial score (nSPS) is 28.2. The van der Waals surface area contributed by atoms with Crippen LogP contribution in [-0.2, 0) is 9.53 Å². The first-order chi connectivity index (χ1) is 14.1. The third kappa shape index (κ3) is 5.01. The van der Waals surface area contributed by atoms with Crippen LogP contribution >= 0.6 is 0 Å². The summed E-state index contributed by atoms with van der Waals surface area (Å²) in [5.41, 5.74) is 1.44. The molecule has 0 bridgehead atoms. The number of carbonyl (C=O) groups excluding carboxylic acids is 1. The zero-order valence-electron chi connectivity index (χ0n) is 18.1. The predicted molar refractivity (Wildman–Crippen MR) is 116 cm³/mol. The van der Waals surface area contributed by atoms with Crippen molar-refractivity contribution in [3.63, 3.8) is 0 Å². The number of carbonyl (C=O) groups is 1. The zero-order valence-corrected chi connectivity index (χ0v) is 18.1. The minimum Gasteiger partial charge on any atom is -0.373 e. The van der Waals surface area contributed by atoms with Crippen molar-refractivity contribution in [1.29, 1.82) is 0 Å². The highest BCUT2D eigenvalue weighted by Crippen LogP contribution is 2.43. The van der Waals surface area contributed by atoms with Crippen LogP contribution in [0, 0.1) is 0 Å². The molecule has 5 nitrogen and oxygen atoms in total. The molecule has 0 aromatic heterocycles. The fraction of sp³-hybridized carbons (Fsp3) is 0.708. The Morgan fingerprint density at radius 2 is 1.93 bits per heavy atom. The first kappa shape index (κ1) is 20.8. The SMILES string of the molecule is CCN(CC)CCC(=O)N1CCC2(CC1)CC(N[C@@H]1C[C@H]1c1ccccc1)CO2. The van der Waals surface area contributed by atoms with Crippen LogP contribution in [0.3, 0.4) is 0 Å². The van der Waals surface area contributed by atoms with Crippen molar-refractivity contribution < 1.29 is 9.53 Å². The van der Waals surface area contributed by atoms with Gasteiger partial charge in [0.05, 0.1) is 12.2 Å². The van der Waals surface area contributed by atoms with E-state index in [0.29, 0.717) is 30.3 Å². The average Bonchev–Trinajstić information content (AvgIpc) is 3.42. The highest BCUT2D eigenvalue weighted by molar-refractivity contribution is 5.76. The Balaban J connectivity index is 1.19. The predicted octanol–water partition coefficient (Wildman–Crippen LogP) is 3.01. The summed E-state index contributed by atoms with van der Waals surface area (Å²) in [6, 6.07) is 11.9. The topological polar surface area (TPSA) is 44.8 Å². The van der Waals surface area contributed by atoms with Gasteiger partial charge in [0, 0.05) is 44.1 Å². The third-order valence-corrected chi connectivity index (χ3v) is 7.24. The summed E-state index contributed by atoms with van der Waals surface area (Å²) in [4.78, 5) is 17.0. The largest absolute Gasteiger partial charge is 0.373 e. The van der Waals surface area contributed by atoms with Gasteiger partial charge in [0.2, 0.25) is 5.91 Å². The summed E-state index contributed by atoms with van der Waals surface area (Å²) < 4.78 is 6.32. The van der Waals surface area contributed by atoms with Gasteiger partial charge in [-0.15, -0.1) is 0 Å². The molecular formula is C24H37N3O2. The molecule has 0 radical (unpaired) electrons. The number of likely N-dealkylation sites (tertiary alicyclic amines) is 1. The molecule has 3 atom stereocenters. The lowest BCUT2D eigenvalue weighted by Crippen LogP contribution is -2.47. The molecule has 1 unspecified atom stereocenters. The number of benzene rings is 1. The van der Waals surface area contributed by atoms with Crippen molar-refractivity contribution in [2.24, 2.45) is 0 Å². The lowest BCUT2D eigenvalue weighted by molar-refractivity contribution is -0.136. The lowest BCUT2D eigenvalue weighted by Gasteiger charge is -2.39. The number of nitrogens with one attached hydrogen (secondary N) is 1. The summed E-state index contributed by atoms with van der Waals surface area (Å²) in [5, 5.41) is 3.84. The fourth-order valence-corrected chi connectivity index (χ4v) is 5.17. The first-order valence-corrected chi connectivity index (χ1v) is 11.6. The summed E-state index contributed by atoms with van der Waals surface area (Å²) in [6.07, 6.45) is 4.93. The number of amides is 1. The van der Waals surface area contributed by atoms with E-state index in [1.54, 1.807) is 0 Å². The third-order valence-electron chi connectivity index (χ3n) is 7.24. The summed E-state index contributed by atoms with van der Waals surface area (Å²) in [5.74, 6) is 0.973. The maximum Gasteiger partial charge on any atom is 0.223 e. The van der Waals surface area contributed by atoms with Crippen molar-refractivity contribution in [3.05, 3.63) is 35.9 Å². The van der Waals surface area contributed by atoms with E-state index in [-0.39, 0.29) is 5.60 Å². The van der Waals surface area contributed by atoms with Crippen LogP contribution in [-0.4, -0.2) is 72.7 Å². The molecule has 2 saturated heterocycles. The maximum atomic E-state index is 12.6. The second-order valence-corrected chi connectivity index (χ2v) is 9.08. The number of nitrogens with zero attached hydrogens (tertiary/aromatic N) is 2. The molecule has 3 aliphatic rings. The molecule has 1 amide bonds. The Bertz CT molecular complexity index is 668. The van der Waals surface area contributed by atoms with Crippen molar-refractivity contribution in [1.82, 2.24) is 15.1 Å².